The maximum Gasteiger partial charge on any atom is 0.102 e. The molecule has 3 aromatic carbocycles. The second kappa shape index (κ2) is 7.02. The highest BCUT2D eigenvalue weighted by Gasteiger charge is 2.25. The Morgan fingerprint density at radius 2 is 0.769 bits per heavy atom. The summed E-state index contributed by atoms with van der Waals surface area (Å²) in [4.78, 5) is 0. The van der Waals surface area contributed by atoms with Gasteiger partial charge in [-0.05, 0) is 11.1 Å². The van der Waals surface area contributed by atoms with Crippen LogP contribution in [0, 0.1) is 45.3 Å². The van der Waals surface area contributed by atoms with E-state index in [9.17, 15) is 21.0 Å². The molecule has 4 heteroatoms. The molecule has 26 heavy (non-hydrogen) atoms. The Morgan fingerprint density at radius 1 is 0.423 bits per heavy atom. The van der Waals surface area contributed by atoms with Gasteiger partial charge in [-0.2, -0.15) is 21.0 Å². The van der Waals surface area contributed by atoms with Crippen LogP contribution in [-0.4, -0.2) is 0 Å². The maximum atomic E-state index is 9.87. The van der Waals surface area contributed by atoms with Gasteiger partial charge in [-0.1, -0.05) is 60.7 Å². The zero-order valence-corrected chi connectivity index (χ0v) is 13.6. The Morgan fingerprint density at radius 3 is 1.08 bits per heavy atom. The van der Waals surface area contributed by atoms with Crippen LogP contribution < -0.4 is 0 Å². The van der Waals surface area contributed by atoms with Crippen LogP contribution in [-0.2, 0) is 0 Å². The number of hydrogen-bond acceptors (Lipinski definition) is 4. The van der Waals surface area contributed by atoms with Gasteiger partial charge in [-0.15, -0.1) is 0 Å². The third kappa shape index (κ3) is 2.55. The average Bonchev–Trinajstić information content (AvgIpc) is 2.72. The van der Waals surface area contributed by atoms with Gasteiger partial charge < -0.3 is 0 Å². The van der Waals surface area contributed by atoms with E-state index in [1.54, 1.807) is 48.5 Å². The Labute approximate surface area is 151 Å². The van der Waals surface area contributed by atoms with E-state index in [0.717, 1.165) is 0 Å². The van der Waals surface area contributed by atoms with Crippen molar-refractivity contribution in [3.63, 3.8) is 0 Å². The third-order valence-electron chi connectivity index (χ3n) is 4.07. The van der Waals surface area contributed by atoms with Crippen molar-refractivity contribution in [2.24, 2.45) is 0 Å². The molecule has 0 atom stereocenters. The van der Waals surface area contributed by atoms with Gasteiger partial charge in [0, 0.05) is 11.1 Å². The van der Waals surface area contributed by atoms with Crippen molar-refractivity contribution >= 4 is 0 Å². The van der Waals surface area contributed by atoms with E-state index in [1.807, 2.05) is 30.3 Å². The highest BCUT2D eigenvalue weighted by atomic mass is 14.4. The first kappa shape index (κ1) is 16.5. The molecule has 0 aliphatic heterocycles. The fourth-order valence-electron chi connectivity index (χ4n) is 2.98. The molecule has 0 fully saturated rings. The van der Waals surface area contributed by atoms with E-state index in [2.05, 4.69) is 6.07 Å². The molecule has 0 aromatic heterocycles. The van der Waals surface area contributed by atoms with Crippen LogP contribution >= 0.6 is 0 Å². The van der Waals surface area contributed by atoms with Gasteiger partial charge in [0.25, 0.3) is 0 Å². The summed E-state index contributed by atoms with van der Waals surface area (Å²) in [7, 11) is 0. The molecule has 3 rings (SSSR count). The molecule has 0 aliphatic rings. The molecule has 0 spiro atoms. The van der Waals surface area contributed by atoms with Crippen LogP contribution in [0.3, 0.4) is 0 Å². The lowest BCUT2D eigenvalue weighted by atomic mass is 9.82. The van der Waals surface area contributed by atoms with Crippen LogP contribution in [0.15, 0.2) is 60.7 Å². The van der Waals surface area contributed by atoms with Gasteiger partial charge in [0.05, 0.1) is 22.3 Å². The molecule has 0 aliphatic carbocycles. The summed E-state index contributed by atoms with van der Waals surface area (Å²) in [6, 6.07) is 26.1. The minimum Gasteiger partial charge on any atom is -0.192 e. The first-order chi connectivity index (χ1) is 12.8. The van der Waals surface area contributed by atoms with Crippen molar-refractivity contribution < 1.29 is 0 Å². The van der Waals surface area contributed by atoms with Crippen molar-refractivity contribution in [2.45, 2.75) is 0 Å². The number of hydrogen-bond donors (Lipinski definition) is 0. The van der Waals surface area contributed by atoms with Gasteiger partial charge in [0.15, 0.2) is 0 Å². The summed E-state index contributed by atoms with van der Waals surface area (Å²) in [5.74, 6) is 0. The van der Waals surface area contributed by atoms with Crippen LogP contribution in [0.25, 0.3) is 22.3 Å². The van der Waals surface area contributed by atoms with Crippen molar-refractivity contribution in [3.8, 4) is 46.5 Å². The lowest BCUT2D eigenvalue weighted by Crippen LogP contribution is -2.02. The van der Waals surface area contributed by atoms with Crippen molar-refractivity contribution in [1.29, 1.82) is 21.0 Å². The zero-order valence-electron chi connectivity index (χ0n) is 13.6. The van der Waals surface area contributed by atoms with Crippen LogP contribution in [0.2, 0.25) is 0 Å². The fourth-order valence-corrected chi connectivity index (χ4v) is 2.98. The van der Waals surface area contributed by atoms with Crippen LogP contribution in [0.4, 0.5) is 0 Å². The Kier molecular flexibility index (Phi) is 4.45. The Bertz CT molecular complexity index is 1070. The van der Waals surface area contributed by atoms with Crippen LogP contribution in [0.5, 0.6) is 0 Å². The zero-order chi connectivity index (χ0) is 18.5. The smallest absolute Gasteiger partial charge is 0.102 e. The predicted octanol–water partition coefficient (Wildman–Crippen LogP) is 4.51. The molecule has 0 bridgehead atoms. The van der Waals surface area contributed by atoms with Gasteiger partial charge >= 0.3 is 0 Å². The normalized spacial score (nSPS) is 9.38. The number of benzene rings is 3. The quantitative estimate of drug-likeness (QED) is 0.690. The molecule has 0 amide bonds. The molecule has 0 radical (unpaired) electrons. The van der Waals surface area contributed by atoms with E-state index in [4.69, 9.17) is 0 Å². The summed E-state index contributed by atoms with van der Waals surface area (Å²) in [5, 5.41) is 38.9. The Hall–Kier alpha value is -4.38. The molecule has 0 saturated heterocycles. The first-order valence-electron chi connectivity index (χ1n) is 7.72. The van der Waals surface area contributed by atoms with Crippen LogP contribution in [0.1, 0.15) is 22.3 Å². The summed E-state index contributed by atoms with van der Waals surface area (Å²) in [6.45, 7) is 0. The van der Waals surface area contributed by atoms with E-state index in [0.29, 0.717) is 22.3 Å². The molecular weight excluding hydrogens is 320 g/mol. The summed E-state index contributed by atoms with van der Waals surface area (Å²) in [5.41, 5.74) is 2.37. The first-order valence-corrected chi connectivity index (χ1v) is 7.72. The Balaban J connectivity index is 2.59. The minimum absolute atomic E-state index is 0.00768. The monoisotopic (exact) mass is 330 g/mol. The standard InChI is InChI=1S/C22H10N4/c23-11-17-18(12-24)21(15-7-3-1-4-8-15)20(14-26)22(19(17)13-25)16-9-5-2-6-10-16/h1-10H. The fraction of sp³-hybridized carbons (Fsp3) is 0. The second-order valence-corrected chi connectivity index (χ2v) is 5.43. The lowest BCUT2D eigenvalue weighted by Gasteiger charge is -2.16. The van der Waals surface area contributed by atoms with Crippen molar-refractivity contribution in [1.82, 2.24) is 0 Å². The van der Waals surface area contributed by atoms with Crippen molar-refractivity contribution in [3.05, 3.63) is 82.9 Å². The van der Waals surface area contributed by atoms with E-state index < -0.39 is 0 Å². The van der Waals surface area contributed by atoms with E-state index >= 15 is 0 Å². The van der Waals surface area contributed by atoms with Gasteiger partial charge in [0.2, 0.25) is 0 Å². The molecule has 0 heterocycles. The third-order valence-corrected chi connectivity index (χ3v) is 4.07. The van der Waals surface area contributed by atoms with E-state index in [-0.39, 0.29) is 22.3 Å². The summed E-state index contributed by atoms with van der Waals surface area (Å²) in [6.07, 6.45) is 0. The molecule has 4 nitrogen and oxygen atoms in total. The molecule has 0 saturated carbocycles. The van der Waals surface area contributed by atoms with Gasteiger partial charge in [-0.3, -0.25) is 0 Å². The predicted molar refractivity (Wildman–Crippen MR) is 96.2 cm³/mol. The van der Waals surface area contributed by atoms with Gasteiger partial charge in [0.1, 0.15) is 24.3 Å². The van der Waals surface area contributed by atoms with E-state index in [1.165, 1.54) is 0 Å². The van der Waals surface area contributed by atoms with Gasteiger partial charge in [-0.25, -0.2) is 0 Å². The summed E-state index contributed by atoms with van der Waals surface area (Å²) < 4.78 is 0. The molecule has 0 unspecified atom stereocenters. The molecule has 3 aromatic rings. The summed E-state index contributed by atoms with van der Waals surface area (Å²) >= 11 is 0. The average molecular weight is 330 g/mol. The topological polar surface area (TPSA) is 95.2 Å². The molecule has 118 valence electrons. The van der Waals surface area contributed by atoms with Crippen molar-refractivity contribution in [2.75, 3.05) is 0 Å². The molecule has 0 N–H and O–H groups in total. The highest BCUT2D eigenvalue weighted by Crippen LogP contribution is 2.39. The maximum absolute atomic E-state index is 9.87. The number of rotatable bonds is 2. The minimum atomic E-state index is -0.00768. The lowest BCUT2D eigenvalue weighted by molar-refractivity contribution is 1.37. The number of nitrogens with zero attached hydrogens (tertiary/aromatic N) is 4. The molecular formula is C22H10N4. The number of nitriles is 4. The largest absolute Gasteiger partial charge is 0.192 e. The second-order valence-electron chi connectivity index (χ2n) is 5.43. The highest BCUT2D eigenvalue weighted by molar-refractivity contribution is 5.91. The SMILES string of the molecule is N#Cc1c(C#N)c(-c2ccccc2)c(C#N)c(-c2ccccc2)c1C#N.